The van der Waals surface area contributed by atoms with Crippen molar-refractivity contribution in [1.29, 1.82) is 0 Å². The lowest BCUT2D eigenvalue weighted by Gasteiger charge is -2.21. The van der Waals surface area contributed by atoms with Crippen molar-refractivity contribution in [3.05, 3.63) is 60.2 Å². The van der Waals surface area contributed by atoms with E-state index in [0.29, 0.717) is 41.2 Å². The molecule has 0 saturated carbocycles. The van der Waals surface area contributed by atoms with Gasteiger partial charge in [0.05, 0.1) is 26.1 Å². The smallest absolute Gasteiger partial charge is 0.243 e. The normalized spacial score (nSPS) is 13.0. The minimum Gasteiger partial charge on any atom is -0.494 e. The second-order valence-electron chi connectivity index (χ2n) is 8.75. The maximum atomic E-state index is 13.6. The summed E-state index contributed by atoms with van der Waals surface area (Å²) in [6.07, 6.45) is 3.32. The van der Waals surface area contributed by atoms with Crippen LogP contribution in [0.2, 0.25) is 0 Å². The van der Waals surface area contributed by atoms with Gasteiger partial charge in [-0.05, 0) is 44.5 Å². The summed E-state index contributed by atoms with van der Waals surface area (Å²) in [5, 5.41) is 7.60. The molecule has 0 aliphatic rings. The first-order valence-electron chi connectivity index (χ1n) is 12.3. The lowest BCUT2D eigenvalue weighted by atomic mass is 10.1. The van der Waals surface area contributed by atoms with Gasteiger partial charge in [-0.3, -0.25) is 9.29 Å². The number of aromatic nitrogens is 6. The lowest BCUT2D eigenvalue weighted by molar-refractivity contribution is 0.327. The van der Waals surface area contributed by atoms with Gasteiger partial charge in [-0.2, -0.15) is 0 Å². The van der Waals surface area contributed by atoms with Crippen molar-refractivity contribution in [2.24, 2.45) is 0 Å². The molecule has 0 spiro atoms. The van der Waals surface area contributed by atoms with E-state index >= 15 is 0 Å². The zero-order chi connectivity index (χ0) is 28.2. The second kappa shape index (κ2) is 11.6. The first kappa shape index (κ1) is 27.8. The van der Waals surface area contributed by atoms with E-state index in [4.69, 9.17) is 14.2 Å². The van der Waals surface area contributed by atoms with Gasteiger partial charge in [0, 0.05) is 24.4 Å². The molecule has 0 aliphatic heterocycles. The Morgan fingerprint density at radius 3 is 2.23 bits per heavy atom. The zero-order valence-corrected chi connectivity index (χ0v) is 23.4. The van der Waals surface area contributed by atoms with E-state index in [1.807, 2.05) is 13.8 Å². The number of methoxy groups -OCH3 is 2. The molecule has 4 rings (SSSR count). The highest BCUT2D eigenvalue weighted by Gasteiger charge is 2.32. The summed E-state index contributed by atoms with van der Waals surface area (Å²) in [6, 6.07) is 10.4. The van der Waals surface area contributed by atoms with Gasteiger partial charge in [0.2, 0.25) is 21.9 Å². The van der Waals surface area contributed by atoms with E-state index in [-0.39, 0.29) is 11.8 Å². The van der Waals surface area contributed by atoms with Crippen LogP contribution in [0.4, 0.5) is 5.95 Å². The molecule has 2 atom stereocenters. The van der Waals surface area contributed by atoms with E-state index in [0.717, 1.165) is 5.56 Å². The van der Waals surface area contributed by atoms with Crippen LogP contribution in [0.25, 0.3) is 17.2 Å². The first-order valence-corrected chi connectivity index (χ1v) is 13.8. The number of hydrogen-bond donors (Lipinski definition) is 1. The minimum atomic E-state index is -4.01. The average molecular weight is 554 g/mol. The molecule has 0 aliphatic carbocycles. The Balaban J connectivity index is 1.84. The summed E-state index contributed by atoms with van der Waals surface area (Å²) in [5.74, 6) is 1.30. The number of ether oxygens (including phenoxy) is 3. The van der Waals surface area contributed by atoms with Crippen LogP contribution in [-0.2, 0) is 10.0 Å². The Bertz CT molecular complexity index is 1520. The van der Waals surface area contributed by atoms with Gasteiger partial charge < -0.3 is 14.2 Å². The third kappa shape index (κ3) is 5.77. The molecule has 12 nitrogen and oxygen atoms in total. The number of anilines is 1. The van der Waals surface area contributed by atoms with Crippen LogP contribution in [0, 0.1) is 6.92 Å². The van der Waals surface area contributed by atoms with E-state index in [9.17, 15) is 8.42 Å². The summed E-state index contributed by atoms with van der Waals surface area (Å²) >= 11 is 0. The molecule has 4 aromatic rings. The summed E-state index contributed by atoms with van der Waals surface area (Å²) < 4.78 is 48.1. The van der Waals surface area contributed by atoms with Gasteiger partial charge >= 0.3 is 0 Å². The minimum absolute atomic E-state index is 0.0692. The van der Waals surface area contributed by atoms with Crippen molar-refractivity contribution >= 4 is 16.0 Å². The Hall–Kier alpha value is -4.26. The number of benzene rings is 1. The lowest BCUT2D eigenvalue weighted by Crippen LogP contribution is -2.31. The molecule has 1 N–H and O–H groups in total. The van der Waals surface area contributed by atoms with Crippen LogP contribution >= 0.6 is 0 Å². The molecule has 13 heteroatoms. The highest BCUT2D eigenvalue weighted by atomic mass is 32.2. The molecule has 0 bridgehead atoms. The fourth-order valence-electron chi connectivity index (χ4n) is 3.88. The molecular weight excluding hydrogens is 522 g/mol. The molecule has 0 amide bonds. The maximum absolute atomic E-state index is 13.6. The Morgan fingerprint density at radius 2 is 1.62 bits per heavy atom. The largest absolute Gasteiger partial charge is 0.494 e. The fraction of sp³-hybridized carbons (Fsp3) is 0.346. The topological polar surface area (TPSA) is 143 Å². The molecule has 0 saturated heterocycles. The average Bonchev–Trinajstić information content (AvgIpc) is 3.34. The summed E-state index contributed by atoms with van der Waals surface area (Å²) in [6.45, 7) is 7.50. The third-order valence-electron chi connectivity index (χ3n) is 6.17. The standard InChI is InChI=1S/C26H31N7O5S/c1-7-38-22-13-8-10-19(29-22)25-30-31-26(33(25)23-20(36-5)11-9-12-21(23)37-6)32-39(34,35)18(4)17(3)24-27-14-16(2)15-28-24/h8-15,17-18H,7H2,1-6H3,(H,31,32). The predicted molar refractivity (Wildman–Crippen MR) is 146 cm³/mol. The van der Waals surface area contributed by atoms with Crippen molar-refractivity contribution < 1.29 is 22.6 Å². The third-order valence-corrected chi connectivity index (χ3v) is 8.02. The quantitative estimate of drug-likeness (QED) is 0.291. The molecule has 1 aromatic carbocycles. The zero-order valence-electron chi connectivity index (χ0n) is 22.6. The van der Waals surface area contributed by atoms with E-state index in [2.05, 4.69) is 29.9 Å². The van der Waals surface area contributed by atoms with E-state index in [1.54, 1.807) is 62.6 Å². The van der Waals surface area contributed by atoms with Crippen LogP contribution in [0.1, 0.15) is 38.1 Å². The number of hydrogen-bond acceptors (Lipinski definition) is 10. The van der Waals surface area contributed by atoms with Crippen molar-refractivity contribution in [2.45, 2.75) is 38.9 Å². The van der Waals surface area contributed by atoms with E-state index in [1.165, 1.54) is 18.8 Å². The highest BCUT2D eigenvalue weighted by molar-refractivity contribution is 7.93. The van der Waals surface area contributed by atoms with Crippen molar-refractivity contribution in [2.75, 3.05) is 25.5 Å². The number of aryl methyl sites for hydroxylation is 1. The fourth-order valence-corrected chi connectivity index (χ4v) is 5.12. The molecule has 2 unspecified atom stereocenters. The molecule has 0 fully saturated rings. The Kier molecular flexibility index (Phi) is 8.29. The number of nitrogens with one attached hydrogen (secondary N) is 1. The molecule has 39 heavy (non-hydrogen) atoms. The van der Waals surface area contributed by atoms with Crippen molar-refractivity contribution in [1.82, 2.24) is 29.7 Å². The second-order valence-corrected chi connectivity index (χ2v) is 10.8. The monoisotopic (exact) mass is 553 g/mol. The summed E-state index contributed by atoms with van der Waals surface area (Å²) in [7, 11) is -0.995. The van der Waals surface area contributed by atoms with Gasteiger partial charge in [0.15, 0.2) is 5.82 Å². The predicted octanol–water partition coefficient (Wildman–Crippen LogP) is 3.78. The van der Waals surface area contributed by atoms with Gasteiger partial charge in [-0.1, -0.05) is 19.1 Å². The first-order chi connectivity index (χ1) is 18.7. The van der Waals surface area contributed by atoms with E-state index < -0.39 is 21.2 Å². The molecule has 3 aromatic heterocycles. The Morgan fingerprint density at radius 1 is 0.974 bits per heavy atom. The number of pyridine rings is 1. The number of nitrogens with zero attached hydrogens (tertiary/aromatic N) is 6. The van der Waals surface area contributed by atoms with Crippen LogP contribution in [0.3, 0.4) is 0 Å². The SMILES string of the molecule is CCOc1cccc(-c2nnc(NS(=O)(=O)C(C)C(C)c3ncc(C)cn3)n2-c2c(OC)cccc2OC)n1. The van der Waals surface area contributed by atoms with Gasteiger partial charge in [-0.15, -0.1) is 10.2 Å². The van der Waals surface area contributed by atoms with Crippen LogP contribution in [-0.4, -0.2) is 64.2 Å². The Labute approximate surface area is 227 Å². The number of sulfonamides is 1. The van der Waals surface area contributed by atoms with Gasteiger partial charge in [-0.25, -0.2) is 23.4 Å². The number of para-hydroxylation sites is 1. The molecule has 0 radical (unpaired) electrons. The molecule has 3 heterocycles. The van der Waals surface area contributed by atoms with Gasteiger partial charge in [0.25, 0.3) is 0 Å². The number of rotatable bonds is 11. The van der Waals surface area contributed by atoms with Crippen molar-refractivity contribution in [3.63, 3.8) is 0 Å². The molecular formula is C26H31N7O5S. The molecule has 206 valence electrons. The van der Waals surface area contributed by atoms with Crippen LogP contribution < -0.4 is 18.9 Å². The van der Waals surface area contributed by atoms with Crippen LogP contribution in [0.15, 0.2) is 48.8 Å². The van der Waals surface area contributed by atoms with Crippen molar-refractivity contribution in [3.8, 4) is 34.6 Å². The van der Waals surface area contributed by atoms with Crippen LogP contribution in [0.5, 0.6) is 17.4 Å². The van der Waals surface area contributed by atoms with Gasteiger partial charge in [0.1, 0.15) is 28.7 Å². The maximum Gasteiger partial charge on any atom is 0.243 e. The summed E-state index contributed by atoms with van der Waals surface area (Å²) in [5.41, 5.74) is 1.68. The highest BCUT2D eigenvalue weighted by Crippen LogP contribution is 2.38. The summed E-state index contributed by atoms with van der Waals surface area (Å²) in [4.78, 5) is 13.1.